The Morgan fingerprint density at radius 2 is 1.86 bits per heavy atom. The summed E-state index contributed by atoms with van der Waals surface area (Å²) in [7, 11) is 0. The van der Waals surface area contributed by atoms with Gasteiger partial charge >= 0.3 is 5.97 Å². The third-order valence-electron chi connectivity index (χ3n) is 4.65. The molecule has 78 valence electrons. The molecule has 0 unspecified atom stereocenters. The van der Waals surface area contributed by atoms with Gasteiger partial charge in [-0.15, -0.1) is 0 Å². The summed E-state index contributed by atoms with van der Waals surface area (Å²) in [4.78, 5) is 11.7. The van der Waals surface area contributed by atoms with Crippen molar-refractivity contribution in [3.05, 3.63) is 0 Å². The van der Waals surface area contributed by atoms with Gasteiger partial charge in [-0.05, 0) is 43.9 Å². The topological polar surface area (TPSA) is 26.3 Å². The molecule has 3 atom stereocenters. The molecule has 4 fully saturated rings. The van der Waals surface area contributed by atoms with Crippen LogP contribution in [-0.2, 0) is 9.53 Å². The molecule has 0 amide bonds. The highest BCUT2D eigenvalue weighted by molar-refractivity contribution is 5.76. The summed E-state index contributed by atoms with van der Waals surface area (Å²) in [6.45, 7) is 2.14. The molecule has 2 bridgehead atoms. The van der Waals surface area contributed by atoms with Crippen LogP contribution in [-0.4, -0.2) is 12.1 Å². The number of rotatable bonds is 1. The van der Waals surface area contributed by atoms with Crippen molar-refractivity contribution in [1.29, 1.82) is 0 Å². The Kier molecular flexibility index (Phi) is 1.86. The zero-order valence-corrected chi connectivity index (χ0v) is 8.74. The van der Waals surface area contributed by atoms with Crippen LogP contribution in [0.3, 0.4) is 0 Å². The molecule has 1 aliphatic heterocycles. The molecule has 3 aliphatic carbocycles. The maximum Gasteiger partial charge on any atom is 0.309 e. The van der Waals surface area contributed by atoms with E-state index in [0.717, 1.165) is 12.3 Å². The van der Waals surface area contributed by atoms with Crippen molar-refractivity contribution < 1.29 is 9.53 Å². The highest BCUT2D eigenvalue weighted by Gasteiger charge is 2.55. The fourth-order valence-corrected chi connectivity index (χ4v) is 4.04. The van der Waals surface area contributed by atoms with Gasteiger partial charge < -0.3 is 4.74 Å². The number of carbonyl (C=O) groups excluding carboxylic acids is 1. The summed E-state index contributed by atoms with van der Waals surface area (Å²) < 4.78 is 5.50. The van der Waals surface area contributed by atoms with Gasteiger partial charge in [-0.2, -0.15) is 0 Å². The fourth-order valence-electron chi connectivity index (χ4n) is 4.04. The summed E-state index contributed by atoms with van der Waals surface area (Å²) in [5, 5.41) is 0. The van der Waals surface area contributed by atoms with Gasteiger partial charge in [0, 0.05) is 5.92 Å². The molecule has 0 aromatic carbocycles. The van der Waals surface area contributed by atoms with Crippen LogP contribution in [0.4, 0.5) is 0 Å². The second-order valence-electron chi connectivity index (χ2n) is 5.16. The average molecular weight is 194 g/mol. The van der Waals surface area contributed by atoms with E-state index in [1.807, 2.05) is 0 Å². The van der Waals surface area contributed by atoms with E-state index in [9.17, 15) is 4.79 Å². The van der Waals surface area contributed by atoms with Crippen LogP contribution < -0.4 is 0 Å². The Labute approximate surface area is 85.0 Å². The van der Waals surface area contributed by atoms with E-state index in [1.54, 1.807) is 0 Å². The molecule has 14 heavy (non-hydrogen) atoms. The Morgan fingerprint density at radius 3 is 2.50 bits per heavy atom. The smallest absolute Gasteiger partial charge is 0.309 e. The molecule has 1 saturated heterocycles. The third kappa shape index (κ3) is 0.999. The van der Waals surface area contributed by atoms with E-state index in [1.165, 1.54) is 25.7 Å². The third-order valence-corrected chi connectivity index (χ3v) is 4.65. The minimum atomic E-state index is 0.122. The van der Waals surface area contributed by atoms with Gasteiger partial charge in [0.1, 0.15) is 6.10 Å². The van der Waals surface area contributed by atoms with Gasteiger partial charge in [0.15, 0.2) is 0 Å². The number of ether oxygens (including phenoxy) is 1. The number of esters is 1. The van der Waals surface area contributed by atoms with E-state index < -0.39 is 0 Å². The number of fused-ring (bicyclic) bond motifs is 2. The highest BCUT2D eigenvalue weighted by Crippen LogP contribution is 2.54. The molecule has 1 heterocycles. The quantitative estimate of drug-likeness (QED) is 0.599. The maximum absolute atomic E-state index is 11.7. The van der Waals surface area contributed by atoms with Crippen LogP contribution in [0.5, 0.6) is 0 Å². The molecule has 3 saturated carbocycles. The first-order valence-corrected chi connectivity index (χ1v) is 6.01. The minimum Gasteiger partial charge on any atom is -0.462 e. The number of hydrogen-bond acceptors (Lipinski definition) is 2. The van der Waals surface area contributed by atoms with Gasteiger partial charge in [0.2, 0.25) is 0 Å². The van der Waals surface area contributed by atoms with Crippen molar-refractivity contribution in [3.8, 4) is 0 Å². The zero-order valence-electron chi connectivity index (χ0n) is 8.74. The Balaban J connectivity index is 1.92. The van der Waals surface area contributed by atoms with Crippen LogP contribution in [0.25, 0.3) is 0 Å². The summed E-state index contributed by atoms with van der Waals surface area (Å²) in [6.07, 6.45) is 6.50. The molecule has 4 rings (SSSR count). The molecular formula is C12H18O2. The number of cyclic esters (lactones) is 1. The second-order valence-corrected chi connectivity index (χ2v) is 5.16. The van der Waals surface area contributed by atoms with E-state index in [0.29, 0.717) is 11.8 Å². The van der Waals surface area contributed by atoms with Crippen LogP contribution in [0.2, 0.25) is 0 Å². The van der Waals surface area contributed by atoms with Crippen LogP contribution in [0.15, 0.2) is 0 Å². The van der Waals surface area contributed by atoms with Crippen LogP contribution in [0.1, 0.15) is 39.0 Å². The fraction of sp³-hybridized carbons (Fsp3) is 0.917. The summed E-state index contributed by atoms with van der Waals surface area (Å²) in [5.74, 6) is 2.44. The molecule has 0 N–H and O–H groups in total. The van der Waals surface area contributed by atoms with E-state index >= 15 is 0 Å². The normalized spacial score (nSPS) is 50.4. The predicted molar refractivity (Wildman–Crippen MR) is 52.6 cm³/mol. The second kappa shape index (κ2) is 2.98. The summed E-state index contributed by atoms with van der Waals surface area (Å²) in [6, 6.07) is 0. The molecule has 0 aromatic heterocycles. The van der Waals surface area contributed by atoms with Crippen LogP contribution >= 0.6 is 0 Å². The standard InChI is InChI=1S/C12H18O2/c1-2-9-10-7-3-5-8(6-4-7)11(10)12(13)14-9/h7-11H,2-6H2,1H3/t7?,8?,9-,10+,11+/m1/s1. The van der Waals surface area contributed by atoms with Gasteiger partial charge in [-0.3, -0.25) is 4.79 Å². The lowest BCUT2D eigenvalue weighted by Crippen LogP contribution is -2.42. The van der Waals surface area contributed by atoms with Crippen molar-refractivity contribution >= 4 is 5.97 Å². The first kappa shape index (κ1) is 8.75. The SMILES string of the molecule is CC[C@H]1OC(=O)[C@H]2C3CCC(CC3)[C@@H]12. The van der Waals surface area contributed by atoms with Gasteiger partial charge in [0.25, 0.3) is 0 Å². The first-order valence-electron chi connectivity index (χ1n) is 6.01. The summed E-state index contributed by atoms with van der Waals surface area (Å²) in [5.41, 5.74) is 0. The molecule has 0 aromatic rings. The van der Waals surface area contributed by atoms with Crippen molar-refractivity contribution in [1.82, 2.24) is 0 Å². The molecule has 2 nitrogen and oxygen atoms in total. The van der Waals surface area contributed by atoms with Gasteiger partial charge in [0.05, 0.1) is 5.92 Å². The molecule has 0 radical (unpaired) electrons. The first-order chi connectivity index (χ1) is 6.81. The van der Waals surface area contributed by atoms with Crippen molar-refractivity contribution in [2.75, 3.05) is 0 Å². The largest absolute Gasteiger partial charge is 0.462 e. The van der Waals surface area contributed by atoms with Gasteiger partial charge in [-0.1, -0.05) is 6.92 Å². The van der Waals surface area contributed by atoms with Gasteiger partial charge in [-0.25, -0.2) is 0 Å². The van der Waals surface area contributed by atoms with Crippen molar-refractivity contribution in [3.63, 3.8) is 0 Å². The molecule has 2 heteroatoms. The Bertz CT molecular complexity index is 253. The average Bonchev–Trinajstić information content (AvgIpc) is 2.60. The predicted octanol–water partition coefficient (Wildman–Crippen LogP) is 2.37. The number of hydrogen-bond donors (Lipinski definition) is 0. The van der Waals surface area contributed by atoms with E-state index in [4.69, 9.17) is 4.74 Å². The molecular weight excluding hydrogens is 176 g/mol. The summed E-state index contributed by atoms with van der Waals surface area (Å²) >= 11 is 0. The Hall–Kier alpha value is -0.530. The maximum atomic E-state index is 11.7. The van der Waals surface area contributed by atoms with E-state index in [-0.39, 0.29) is 18.0 Å². The Morgan fingerprint density at radius 1 is 1.21 bits per heavy atom. The van der Waals surface area contributed by atoms with Crippen molar-refractivity contribution in [2.45, 2.75) is 45.1 Å². The monoisotopic (exact) mass is 194 g/mol. The van der Waals surface area contributed by atoms with E-state index in [2.05, 4.69) is 6.92 Å². The number of carbonyl (C=O) groups is 1. The molecule has 4 aliphatic rings. The van der Waals surface area contributed by atoms with Crippen molar-refractivity contribution in [2.24, 2.45) is 23.7 Å². The lowest BCUT2D eigenvalue weighted by molar-refractivity contribution is -0.146. The zero-order chi connectivity index (χ0) is 9.71. The lowest BCUT2D eigenvalue weighted by atomic mass is 9.58. The molecule has 0 spiro atoms. The lowest BCUT2D eigenvalue weighted by Gasteiger charge is -2.44. The highest BCUT2D eigenvalue weighted by atomic mass is 16.6. The van der Waals surface area contributed by atoms with Crippen LogP contribution in [0, 0.1) is 23.7 Å². The minimum absolute atomic E-state index is 0.122.